The van der Waals surface area contributed by atoms with Gasteiger partial charge in [0, 0.05) is 12.4 Å². The normalized spacial score (nSPS) is 15.9. The molecule has 1 nitrogen and oxygen atoms in total. The molecule has 2 heteroatoms. The molecule has 1 aliphatic carbocycles. The van der Waals surface area contributed by atoms with E-state index in [1.54, 1.807) is 10.8 Å². The molecular formula is C11H17NSi. The molecule has 0 aliphatic heterocycles. The van der Waals surface area contributed by atoms with E-state index in [1.807, 2.05) is 0 Å². The van der Waals surface area contributed by atoms with E-state index in [0.717, 1.165) is 0 Å². The molecule has 13 heavy (non-hydrogen) atoms. The van der Waals surface area contributed by atoms with E-state index in [9.17, 15) is 0 Å². The number of fused-ring (bicyclic) bond motifs is 1. The van der Waals surface area contributed by atoms with E-state index >= 15 is 0 Å². The fraction of sp³-hybridized carbons (Fsp3) is 0.545. The van der Waals surface area contributed by atoms with Gasteiger partial charge in [-0.15, -0.1) is 0 Å². The molecule has 0 unspecified atom stereocenters. The van der Waals surface area contributed by atoms with Gasteiger partial charge in [-0.2, -0.15) is 0 Å². The zero-order valence-electron chi connectivity index (χ0n) is 8.72. The van der Waals surface area contributed by atoms with Crippen molar-refractivity contribution >= 4 is 13.3 Å². The number of hydrogen-bond acceptors (Lipinski definition) is 1. The van der Waals surface area contributed by atoms with Crippen LogP contribution in [-0.4, -0.2) is 13.1 Å². The monoisotopic (exact) mass is 191 g/mol. The molecule has 70 valence electrons. The Morgan fingerprint density at radius 1 is 1.15 bits per heavy atom. The molecule has 0 aromatic carbocycles. The molecule has 1 aliphatic rings. The molecule has 0 fully saturated rings. The molecule has 0 N–H and O–H groups in total. The van der Waals surface area contributed by atoms with Crippen LogP contribution in [-0.2, 0) is 12.8 Å². The highest BCUT2D eigenvalue weighted by Gasteiger charge is 2.24. The van der Waals surface area contributed by atoms with Crippen molar-refractivity contribution in [3.8, 4) is 0 Å². The first kappa shape index (κ1) is 8.94. The molecule has 2 rings (SSSR count). The minimum absolute atomic E-state index is 1.15. The van der Waals surface area contributed by atoms with Crippen LogP contribution in [0.15, 0.2) is 12.4 Å². The van der Waals surface area contributed by atoms with Crippen molar-refractivity contribution in [1.29, 1.82) is 0 Å². The quantitative estimate of drug-likeness (QED) is 0.620. The lowest BCUT2D eigenvalue weighted by Gasteiger charge is -2.19. The van der Waals surface area contributed by atoms with Gasteiger partial charge in [0.25, 0.3) is 0 Å². The molecular weight excluding hydrogens is 174 g/mol. The zero-order chi connectivity index (χ0) is 9.47. The molecule has 0 spiro atoms. The molecule has 0 amide bonds. The maximum absolute atomic E-state index is 4.36. The van der Waals surface area contributed by atoms with Crippen molar-refractivity contribution in [2.75, 3.05) is 0 Å². The van der Waals surface area contributed by atoms with Crippen molar-refractivity contribution in [1.82, 2.24) is 4.98 Å². The summed E-state index contributed by atoms with van der Waals surface area (Å²) in [5.41, 5.74) is 3.15. The van der Waals surface area contributed by atoms with Crippen molar-refractivity contribution < 1.29 is 0 Å². The summed E-state index contributed by atoms with van der Waals surface area (Å²) in [4.78, 5) is 4.36. The van der Waals surface area contributed by atoms with Gasteiger partial charge >= 0.3 is 0 Å². The third-order valence-corrected chi connectivity index (χ3v) is 4.87. The molecule has 1 aromatic rings. The predicted octanol–water partition coefficient (Wildman–Crippen LogP) is 2.12. The number of hydrogen-bond donors (Lipinski definition) is 0. The number of nitrogens with zero attached hydrogens (tertiary/aromatic N) is 1. The van der Waals surface area contributed by atoms with Gasteiger partial charge in [0.05, 0.1) is 8.07 Å². The van der Waals surface area contributed by atoms with E-state index in [0.29, 0.717) is 0 Å². The Bertz CT molecular complexity index is 325. The summed E-state index contributed by atoms with van der Waals surface area (Å²) in [6, 6.07) is 0. The van der Waals surface area contributed by atoms with Crippen LogP contribution in [0.2, 0.25) is 19.6 Å². The third-order valence-electron chi connectivity index (χ3n) is 2.83. The number of aryl methyl sites for hydroxylation is 1. The summed E-state index contributed by atoms with van der Waals surface area (Å²) in [6.45, 7) is 7.22. The lowest BCUT2D eigenvalue weighted by molar-refractivity contribution is 0.912. The largest absolute Gasteiger partial charge is 0.265 e. The van der Waals surface area contributed by atoms with Crippen molar-refractivity contribution in [2.45, 2.75) is 38.9 Å². The third kappa shape index (κ3) is 1.55. The smallest absolute Gasteiger partial charge is 0.0799 e. The van der Waals surface area contributed by atoms with Gasteiger partial charge in [-0.25, -0.2) is 0 Å². The molecule has 1 heterocycles. The highest BCUT2D eigenvalue weighted by molar-refractivity contribution is 6.89. The predicted molar refractivity (Wildman–Crippen MR) is 59.2 cm³/mol. The molecule has 1 aromatic heterocycles. The van der Waals surface area contributed by atoms with Crippen LogP contribution in [0, 0.1) is 0 Å². The van der Waals surface area contributed by atoms with Gasteiger partial charge in [-0.1, -0.05) is 19.6 Å². The second kappa shape index (κ2) is 2.95. The Morgan fingerprint density at radius 3 is 2.62 bits per heavy atom. The van der Waals surface area contributed by atoms with Crippen LogP contribution in [0.1, 0.15) is 17.5 Å². The Labute approximate surface area is 81.2 Å². The topological polar surface area (TPSA) is 12.9 Å². The Kier molecular flexibility index (Phi) is 2.03. The minimum Gasteiger partial charge on any atom is -0.265 e. The maximum Gasteiger partial charge on any atom is 0.0799 e. The van der Waals surface area contributed by atoms with E-state index in [-0.39, 0.29) is 0 Å². The van der Waals surface area contributed by atoms with Gasteiger partial charge in [0.2, 0.25) is 0 Å². The Morgan fingerprint density at radius 2 is 1.92 bits per heavy atom. The lowest BCUT2D eigenvalue weighted by atomic mass is 10.2. The van der Waals surface area contributed by atoms with Crippen molar-refractivity contribution in [3.63, 3.8) is 0 Å². The number of aromatic nitrogens is 1. The molecule has 0 saturated carbocycles. The highest BCUT2D eigenvalue weighted by atomic mass is 28.3. The van der Waals surface area contributed by atoms with E-state index < -0.39 is 8.07 Å². The van der Waals surface area contributed by atoms with Crippen molar-refractivity contribution in [2.24, 2.45) is 0 Å². The number of rotatable bonds is 1. The first-order chi connectivity index (χ1) is 6.09. The summed E-state index contributed by atoms with van der Waals surface area (Å²) >= 11 is 0. The summed E-state index contributed by atoms with van der Waals surface area (Å²) in [6.07, 6.45) is 8.04. The SMILES string of the molecule is C[Si](C)(C)c1cncc2c1CCC2. The summed E-state index contributed by atoms with van der Waals surface area (Å²) in [7, 11) is -1.15. The summed E-state index contributed by atoms with van der Waals surface area (Å²) in [5, 5.41) is 1.59. The maximum atomic E-state index is 4.36. The molecule has 0 atom stereocenters. The van der Waals surface area contributed by atoms with Crippen LogP contribution in [0.25, 0.3) is 0 Å². The van der Waals surface area contributed by atoms with E-state index in [2.05, 4.69) is 37.0 Å². The van der Waals surface area contributed by atoms with Crippen LogP contribution >= 0.6 is 0 Å². The van der Waals surface area contributed by atoms with Gasteiger partial charge in [0.1, 0.15) is 0 Å². The highest BCUT2D eigenvalue weighted by Crippen LogP contribution is 2.21. The average molecular weight is 191 g/mol. The van der Waals surface area contributed by atoms with Gasteiger partial charge in [-0.05, 0) is 35.6 Å². The van der Waals surface area contributed by atoms with Crippen LogP contribution < -0.4 is 5.19 Å². The molecule has 0 saturated heterocycles. The fourth-order valence-corrected chi connectivity index (χ4v) is 3.80. The Hall–Kier alpha value is -0.633. The number of pyridine rings is 1. The summed E-state index contributed by atoms with van der Waals surface area (Å²) in [5.74, 6) is 0. The second-order valence-electron chi connectivity index (χ2n) is 4.93. The first-order valence-electron chi connectivity index (χ1n) is 5.05. The minimum atomic E-state index is -1.15. The average Bonchev–Trinajstić information content (AvgIpc) is 2.48. The Balaban J connectivity index is 2.54. The zero-order valence-corrected chi connectivity index (χ0v) is 9.72. The second-order valence-corrected chi connectivity index (χ2v) is 9.97. The summed E-state index contributed by atoms with van der Waals surface area (Å²) < 4.78 is 0. The van der Waals surface area contributed by atoms with Gasteiger partial charge in [-0.3, -0.25) is 4.98 Å². The van der Waals surface area contributed by atoms with Crippen LogP contribution in [0.5, 0.6) is 0 Å². The van der Waals surface area contributed by atoms with E-state index in [4.69, 9.17) is 0 Å². The fourth-order valence-electron chi connectivity index (χ4n) is 2.14. The standard InChI is InChI=1S/C11H17NSi/c1-13(2,3)11-8-12-7-9-5-4-6-10(9)11/h7-8H,4-6H2,1-3H3. The molecule has 0 radical (unpaired) electrons. The van der Waals surface area contributed by atoms with E-state index in [1.165, 1.54) is 24.8 Å². The lowest BCUT2D eigenvalue weighted by Crippen LogP contribution is -2.40. The molecule has 0 bridgehead atoms. The first-order valence-corrected chi connectivity index (χ1v) is 8.55. The van der Waals surface area contributed by atoms with Crippen LogP contribution in [0.3, 0.4) is 0 Å². The van der Waals surface area contributed by atoms with Gasteiger partial charge in [0.15, 0.2) is 0 Å². The van der Waals surface area contributed by atoms with Crippen LogP contribution in [0.4, 0.5) is 0 Å². The van der Waals surface area contributed by atoms with Crippen molar-refractivity contribution in [3.05, 3.63) is 23.5 Å². The van der Waals surface area contributed by atoms with Gasteiger partial charge < -0.3 is 0 Å².